The van der Waals surface area contributed by atoms with Gasteiger partial charge in [-0.25, -0.2) is 0 Å². The molecule has 0 aromatic carbocycles. The lowest BCUT2D eigenvalue weighted by molar-refractivity contribution is 0.326. The summed E-state index contributed by atoms with van der Waals surface area (Å²) in [4.78, 5) is 0. The number of piperidine rings is 1. The molecule has 1 N–H and O–H groups in total. The number of hydrogen-bond donors (Lipinski definition) is 1. The van der Waals surface area contributed by atoms with Gasteiger partial charge in [-0.1, -0.05) is 26.0 Å². The summed E-state index contributed by atoms with van der Waals surface area (Å²) in [6.07, 6.45) is 8.42. The SMILES string of the molecule is CC1(C)CNC2=CCCC=C2C1. The molecule has 0 unspecified atom stereocenters. The normalized spacial score (nSPS) is 26.5. The second-order valence-corrected chi connectivity index (χ2v) is 4.62. The molecule has 0 radical (unpaired) electrons. The maximum Gasteiger partial charge on any atom is 0.0329 e. The second kappa shape index (κ2) is 2.65. The van der Waals surface area contributed by atoms with Crippen molar-refractivity contribution in [3.63, 3.8) is 0 Å². The summed E-state index contributed by atoms with van der Waals surface area (Å²) in [5.41, 5.74) is 3.39. The fourth-order valence-corrected chi connectivity index (χ4v) is 1.99. The van der Waals surface area contributed by atoms with Crippen LogP contribution < -0.4 is 5.32 Å². The Bertz CT molecular complexity index is 246. The van der Waals surface area contributed by atoms with Crippen LogP contribution in [0, 0.1) is 5.41 Å². The van der Waals surface area contributed by atoms with Gasteiger partial charge in [-0.05, 0) is 30.3 Å². The lowest BCUT2D eigenvalue weighted by atomic mass is 9.79. The quantitative estimate of drug-likeness (QED) is 0.579. The van der Waals surface area contributed by atoms with Crippen LogP contribution in [0.4, 0.5) is 0 Å². The highest BCUT2D eigenvalue weighted by Crippen LogP contribution is 2.34. The van der Waals surface area contributed by atoms with Gasteiger partial charge >= 0.3 is 0 Å². The first-order valence-electron chi connectivity index (χ1n) is 4.81. The summed E-state index contributed by atoms with van der Waals surface area (Å²) in [6.45, 7) is 5.77. The van der Waals surface area contributed by atoms with E-state index in [-0.39, 0.29) is 0 Å². The van der Waals surface area contributed by atoms with Gasteiger partial charge in [0, 0.05) is 12.2 Å². The molecule has 0 atom stereocenters. The summed E-state index contributed by atoms with van der Waals surface area (Å²) in [5.74, 6) is 0. The van der Waals surface area contributed by atoms with Crippen molar-refractivity contribution in [3.05, 3.63) is 23.4 Å². The lowest BCUT2D eigenvalue weighted by Gasteiger charge is -2.35. The average Bonchev–Trinajstić information content (AvgIpc) is 2.02. The summed E-state index contributed by atoms with van der Waals surface area (Å²) in [6, 6.07) is 0. The van der Waals surface area contributed by atoms with Gasteiger partial charge in [0.25, 0.3) is 0 Å². The molecule has 2 rings (SSSR count). The van der Waals surface area contributed by atoms with Gasteiger partial charge in [0.05, 0.1) is 0 Å². The molecule has 0 aromatic heterocycles. The van der Waals surface area contributed by atoms with Crippen molar-refractivity contribution >= 4 is 0 Å². The Morgan fingerprint density at radius 1 is 1.25 bits per heavy atom. The maximum absolute atomic E-state index is 3.50. The van der Waals surface area contributed by atoms with Crippen molar-refractivity contribution in [2.75, 3.05) is 6.54 Å². The van der Waals surface area contributed by atoms with Gasteiger partial charge in [-0.2, -0.15) is 0 Å². The van der Waals surface area contributed by atoms with E-state index in [4.69, 9.17) is 0 Å². The molecule has 1 aliphatic carbocycles. The molecule has 1 fully saturated rings. The van der Waals surface area contributed by atoms with Crippen molar-refractivity contribution in [2.45, 2.75) is 33.1 Å². The van der Waals surface area contributed by atoms with E-state index in [1.165, 1.54) is 30.5 Å². The van der Waals surface area contributed by atoms with Crippen LogP contribution in [0.25, 0.3) is 0 Å². The van der Waals surface area contributed by atoms with Crippen LogP contribution in [-0.2, 0) is 0 Å². The Balaban J connectivity index is 2.19. The molecule has 1 heteroatoms. The van der Waals surface area contributed by atoms with Gasteiger partial charge in [-0.3, -0.25) is 0 Å². The average molecular weight is 163 g/mol. The zero-order valence-corrected chi connectivity index (χ0v) is 7.98. The van der Waals surface area contributed by atoms with Crippen LogP contribution in [0.15, 0.2) is 23.4 Å². The van der Waals surface area contributed by atoms with E-state index >= 15 is 0 Å². The van der Waals surface area contributed by atoms with Crippen LogP contribution in [0.1, 0.15) is 33.1 Å². The fourth-order valence-electron chi connectivity index (χ4n) is 1.99. The van der Waals surface area contributed by atoms with E-state index in [1.54, 1.807) is 0 Å². The summed E-state index contributed by atoms with van der Waals surface area (Å²) < 4.78 is 0. The molecule has 2 aliphatic rings. The molecule has 0 bridgehead atoms. The fraction of sp³-hybridized carbons (Fsp3) is 0.636. The van der Waals surface area contributed by atoms with Crippen LogP contribution >= 0.6 is 0 Å². The summed E-state index contributed by atoms with van der Waals surface area (Å²) >= 11 is 0. The molecule has 66 valence electrons. The minimum absolute atomic E-state index is 0.445. The van der Waals surface area contributed by atoms with Crippen molar-refractivity contribution in [2.24, 2.45) is 5.41 Å². The third kappa shape index (κ3) is 1.40. The second-order valence-electron chi connectivity index (χ2n) is 4.62. The molecule has 12 heavy (non-hydrogen) atoms. The standard InChI is InChI=1S/C11H17N/c1-11(2)7-9-5-3-4-6-10(9)12-8-11/h5-6,12H,3-4,7-8H2,1-2H3. The molecule has 0 saturated carbocycles. The first kappa shape index (κ1) is 7.90. The topological polar surface area (TPSA) is 12.0 Å². The van der Waals surface area contributed by atoms with Crippen molar-refractivity contribution in [3.8, 4) is 0 Å². The number of allylic oxidation sites excluding steroid dienone is 3. The summed E-state index contributed by atoms with van der Waals surface area (Å²) in [5, 5.41) is 3.50. The minimum Gasteiger partial charge on any atom is -0.385 e. The predicted molar refractivity (Wildman–Crippen MR) is 51.8 cm³/mol. The van der Waals surface area contributed by atoms with Gasteiger partial charge in [0.1, 0.15) is 0 Å². The van der Waals surface area contributed by atoms with Crippen molar-refractivity contribution in [1.29, 1.82) is 0 Å². The first-order chi connectivity index (χ1) is 5.67. The highest BCUT2D eigenvalue weighted by atomic mass is 14.9. The monoisotopic (exact) mass is 163 g/mol. The molecular formula is C11H17N. The molecule has 1 saturated heterocycles. The third-order valence-electron chi connectivity index (χ3n) is 2.68. The van der Waals surface area contributed by atoms with Crippen molar-refractivity contribution < 1.29 is 0 Å². The first-order valence-corrected chi connectivity index (χ1v) is 4.81. The lowest BCUT2D eigenvalue weighted by Crippen LogP contribution is -2.36. The van der Waals surface area contributed by atoms with E-state index in [0.717, 1.165) is 6.54 Å². The van der Waals surface area contributed by atoms with Gasteiger partial charge < -0.3 is 5.32 Å². The minimum atomic E-state index is 0.445. The Labute approximate surface area is 74.5 Å². The summed E-state index contributed by atoms with van der Waals surface area (Å²) in [7, 11) is 0. The van der Waals surface area contributed by atoms with Crippen LogP contribution in [-0.4, -0.2) is 6.54 Å². The molecule has 0 amide bonds. The van der Waals surface area contributed by atoms with Crippen molar-refractivity contribution in [1.82, 2.24) is 5.32 Å². The zero-order valence-electron chi connectivity index (χ0n) is 7.98. The Morgan fingerprint density at radius 2 is 2.00 bits per heavy atom. The third-order valence-corrected chi connectivity index (χ3v) is 2.68. The van der Waals surface area contributed by atoms with Crippen LogP contribution in [0.3, 0.4) is 0 Å². The van der Waals surface area contributed by atoms with E-state index in [2.05, 4.69) is 31.3 Å². The molecular weight excluding hydrogens is 146 g/mol. The molecule has 0 spiro atoms. The van der Waals surface area contributed by atoms with E-state index in [9.17, 15) is 0 Å². The van der Waals surface area contributed by atoms with Crippen LogP contribution in [0.5, 0.6) is 0 Å². The highest BCUT2D eigenvalue weighted by Gasteiger charge is 2.26. The zero-order chi connectivity index (χ0) is 8.60. The highest BCUT2D eigenvalue weighted by molar-refractivity contribution is 5.35. The molecule has 1 heterocycles. The number of rotatable bonds is 0. The number of fused-ring (bicyclic) bond motifs is 1. The van der Waals surface area contributed by atoms with Gasteiger partial charge in [-0.15, -0.1) is 0 Å². The van der Waals surface area contributed by atoms with E-state index in [0.29, 0.717) is 5.41 Å². The molecule has 0 aromatic rings. The van der Waals surface area contributed by atoms with Gasteiger partial charge in [0.2, 0.25) is 0 Å². The number of hydrogen-bond acceptors (Lipinski definition) is 1. The van der Waals surface area contributed by atoms with E-state index in [1.807, 2.05) is 0 Å². The molecule has 1 aliphatic heterocycles. The Hall–Kier alpha value is -0.720. The Morgan fingerprint density at radius 3 is 2.83 bits per heavy atom. The Kier molecular flexibility index (Phi) is 1.75. The largest absolute Gasteiger partial charge is 0.385 e. The molecule has 1 nitrogen and oxygen atoms in total. The van der Waals surface area contributed by atoms with E-state index < -0.39 is 0 Å². The smallest absolute Gasteiger partial charge is 0.0329 e. The number of nitrogens with one attached hydrogen (secondary N) is 1. The van der Waals surface area contributed by atoms with Crippen LogP contribution in [0.2, 0.25) is 0 Å². The van der Waals surface area contributed by atoms with Gasteiger partial charge in [0.15, 0.2) is 0 Å². The predicted octanol–water partition coefficient (Wildman–Crippen LogP) is 2.61. The maximum atomic E-state index is 3.50.